The molecule has 0 heterocycles. The summed E-state index contributed by atoms with van der Waals surface area (Å²) in [4.78, 5) is 0. The molecule has 3 heteroatoms. The van der Waals surface area contributed by atoms with Gasteiger partial charge in [-0.2, -0.15) is 0 Å². The zero-order valence-corrected chi connectivity index (χ0v) is 8.65. The van der Waals surface area contributed by atoms with Gasteiger partial charge in [-0.25, -0.2) is 0 Å². The molecular formula is C10H9Cl2N. The summed E-state index contributed by atoms with van der Waals surface area (Å²) in [7, 11) is 0. The molecular weight excluding hydrogens is 205 g/mol. The third kappa shape index (κ3) is 2.87. The molecule has 0 aliphatic heterocycles. The second-order valence-corrected chi connectivity index (χ2v) is 3.47. The van der Waals surface area contributed by atoms with E-state index in [-0.39, 0.29) is 0 Å². The standard InChI is InChI=1S/C10H9Cl2N/c1-7(13)5-6-8-9(11)3-2-4-10(8)12/h2-6,13H,1H3. The lowest BCUT2D eigenvalue weighted by atomic mass is 10.2. The Morgan fingerprint density at radius 1 is 1.31 bits per heavy atom. The fourth-order valence-electron chi connectivity index (χ4n) is 0.878. The molecule has 68 valence electrons. The number of hydrogen-bond acceptors (Lipinski definition) is 1. The van der Waals surface area contributed by atoms with E-state index in [9.17, 15) is 0 Å². The highest BCUT2D eigenvalue weighted by Gasteiger charge is 2.00. The monoisotopic (exact) mass is 213 g/mol. The quantitative estimate of drug-likeness (QED) is 0.718. The third-order valence-corrected chi connectivity index (χ3v) is 2.16. The van der Waals surface area contributed by atoms with Gasteiger partial charge in [-0.05, 0) is 25.1 Å². The number of nitrogens with one attached hydrogen (secondary N) is 1. The second kappa shape index (κ2) is 4.45. The highest BCUT2D eigenvalue weighted by molar-refractivity contribution is 6.37. The van der Waals surface area contributed by atoms with E-state index in [0.717, 1.165) is 5.56 Å². The fraction of sp³-hybridized carbons (Fsp3) is 0.100. The average molecular weight is 214 g/mol. The molecule has 0 saturated carbocycles. The maximum absolute atomic E-state index is 7.21. The van der Waals surface area contributed by atoms with Crippen LogP contribution in [0.3, 0.4) is 0 Å². The largest absolute Gasteiger partial charge is 0.306 e. The summed E-state index contributed by atoms with van der Waals surface area (Å²) >= 11 is 11.8. The summed E-state index contributed by atoms with van der Waals surface area (Å²) in [5.74, 6) is 0. The van der Waals surface area contributed by atoms with Gasteiger partial charge >= 0.3 is 0 Å². The first-order valence-corrected chi connectivity index (χ1v) is 4.54. The lowest BCUT2D eigenvalue weighted by Crippen LogP contribution is -1.81. The summed E-state index contributed by atoms with van der Waals surface area (Å²) < 4.78 is 0. The molecule has 1 nitrogen and oxygen atoms in total. The highest BCUT2D eigenvalue weighted by Crippen LogP contribution is 2.25. The number of hydrogen-bond donors (Lipinski definition) is 1. The minimum Gasteiger partial charge on any atom is -0.306 e. The van der Waals surface area contributed by atoms with Gasteiger partial charge < -0.3 is 5.41 Å². The SMILES string of the molecule is CC(=N)C=Cc1c(Cl)cccc1Cl. The van der Waals surface area contributed by atoms with Crippen molar-refractivity contribution in [3.63, 3.8) is 0 Å². The fourth-order valence-corrected chi connectivity index (χ4v) is 1.40. The van der Waals surface area contributed by atoms with Crippen LogP contribution in [0.2, 0.25) is 10.0 Å². The predicted octanol–water partition coefficient (Wildman–Crippen LogP) is 4.05. The van der Waals surface area contributed by atoms with Gasteiger partial charge in [0.25, 0.3) is 0 Å². The van der Waals surface area contributed by atoms with Crippen molar-refractivity contribution in [2.45, 2.75) is 6.92 Å². The van der Waals surface area contributed by atoms with Gasteiger partial charge in [0, 0.05) is 21.3 Å². The molecule has 0 unspecified atom stereocenters. The van der Waals surface area contributed by atoms with Crippen molar-refractivity contribution in [3.05, 3.63) is 39.9 Å². The minimum absolute atomic E-state index is 0.469. The second-order valence-electron chi connectivity index (χ2n) is 2.65. The van der Waals surface area contributed by atoms with Crippen LogP contribution in [0, 0.1) is 5.41 Å². The summed E-state index contributed by atoms with van der Waals surface area (Å²) in [6, 6.07) is 5.33. The van der Waals surface area contributed by atoms with Crippen LogP contribution in [0.1, 0.15) is 12.5 Å². The van der Waals surface area contributed by atoms with E-state index >= 15 is 0 Å². The van der Waals surface area contributed by atoms with Gasteiger partial charge in [-0.3, -0.25) is 0 Å². The Morgan fingerprint density at radius 3 is 2.31 bits per heavy atom. The molecule has 0 aliphatic carbocycles. The van der Waals surface area contributed by atoms with E-state index in [1.165, 1.54) is 0 Å². The normalized spacial score (nSPS) is 10.7. The first-order valence-electron chi connectivity index (χ1n) is 3.78. The highest BCUT2D eigenvalue weighted by atomic mass is 35.5. The van der Waals surface area contributed by atoms with Crippen LogP contribution in [-0.4, -0.2) is 5.71 Å². The van der Waals surface area contributed by atoms with E-state index in [1.807, 2.05) is 0 Å². The molecule has 1 aromatic carbocycles. The van der Waals surface area contributed by atoms with Crippen LogP contribution in [-0.2, 0) is 0 Å². The van der Waals surface area contributed by atoms with Crippen molar-refractivity contribution < 1.29 is 0 Å². The van der Waals surface area contributed by atoms with E-state index in [4.69, 9.17) is 28.6 Å². The Morgan fingerprint density at radius 2 is 1.85 bits per heavy atom. The molecule has 0 amide bonds. The zero-order chi connectivity index (χ0) is 9.84. The van der Waals surface area contributed by atoms with E-state index in [2.05, 4.69) is 0 Å². The topological polar surface area (TPSA) is 23.9 Å². The van der Waals surface area contributed by atoms with Gasteiger partial charge in [0.15, 0.2) is 0 Å². The molecule has 0 fully saturated rings. The smallest absolute Gasteiger partial charge is 0.0493 e. The van der Waals surface area contributed by atoms with Crippen molar-refractivity contribution in [2.24, 2.45) is 0 Å². The van der Waals surface area contributed by atoms with Crippen LogP contribution in [0.4, 0.5) is 0 Å². The molecule has 0 atom stereocenters. The minimum atomic E-state index is 0.469. The number of rotatable bonds is 2. The summed E-state index contributed by atoms with van der Waals surface area (Å²) in [6.07, 6.45) is 3.40. The van der Waals surface area contributed by atoms with Crippen LogP contribution >= 0.6 is 23.2 Å². The molecule has 13 heavy (non-hydrogen) atoms. The average Bonchev–Trinajstić information content (AvgIpc) is 2.03. The number of allylic oxidation sites excluding steroid dienone is 1. The maximum atomic E-state index is 7.21. The first kappa shape index (κ1) is 10.3. The predicted molar refractivity (Wildman–Crippen MR) is 58.9 cm³/mol. The van der Waals surface area contributed by atoms with Crippen molar-refractivity contribution in [1.82, 2.24) is 0 Å². The van der Waals surface area contributed by atoms with Gasteiger partial charge in [-0.15, -0.1) is 0 Å². The van der Waals surface area contributed by atoms with Crippen molar-refractivity contribution >= 4 is 35.0 Å². The van der Waals surface area contributed by atoms with Crippen LogP contribution in [0.5, 0.6) is 0 Å². The number of benzene rings is 1. The number of halogens is 2. The lowest BCUT2D eigenvalue weighted by molar-refractivity contribution is 1.50. The van der Waals surface area contributed by atoms with E-state index in [0.29, 0.717) is 15.8 Å². The Kier molecular flexibility index (Phi) is 3.52. The van der Waals surface area contributed by atoms with Gasteiger partial charge in [0.05, 0.1) is 0 Å². The Bertz CT molecular complexity index is 336. The molecule has 0 aromatic heterocycles. The van der Waals surface area contributed by atoms with Crippen molar-refractivity contribution in [2.75, 3.05) is 0 Å². The Hall–Kier alpha value is -0.790. The summed E-state index contributed by atoms with van der Waals surface area (Å²) in [6.45, 7) is 1.70. The molecule has 0 bridgehead atoms. The molecule has 1 rings (SSSR count). The van der Waals surface area contributed by atoms with Gasteiger partial charge in [0.2, 0.25) is 0 Å². The van der Waals surface area contributed by atoms with Crippen molar-refractivity contribution in [1.29, 1.82) is 5.41 Å². The molecule has 0 radical (unpaired) electrons. The van der Waals surface area contributed by atoms with Crippen molar-refractivity contribution in [3.8, 4) is 0 Å². The molecule has 0 aliphatic rings. The van der Waals surface area contributed by atoms with Crippen LogP contribution < -0.4 is 0 Å². The molecule has 1 aromatic rings. The van der Waals surface area contributed by atoms with E-state index < -0.39 is 0 Å². The first-order chi connectivity index (χ1) is 6.11. The molecule has 0 saturated heterocycles. The van der Waals surface area contributed by atoms with Crippen LogP contribution in [0.15, 0.2) is 24.3 Å². The van der Waals surface area contributed by atoms with E-state index in [1.54, 1.807) is 37.3 Å². The lowest BCUT2D eigenvalue weighted by Gasteiger charge is -1.99. The summed E-state index contributed by atoms with van der Waals surface area (Å²) in [5, 5.41) is 8.42. The zero-order valence-electron chi connectivity index (χ0n) is 7.14. The molecule has 0 spiro atoms. The van der Waals surface area contributed by atoms with Crippen LogP contribution in [0.25, 0.3) is 6.08 Å². The third-order valence-electron chi connectivity index (χ3n) is 1.50. The Balaban J connectivity index is 3.06. The van der Waals surface area contributed by atoms with Gasteiger partial charge in [-0.1, -0.05) is 35.3 Å². The maximum Gasteiger partial charge on any atom is 0.0493 e. The summed E-state index contributed by atoms with van der Waals surface area (Å²) in [5.41, 5.74) is 1.23. The Labute approximate surface area is 87.5 Å². The molecule has 1 N–H and O–H groups in total. The van der Waals surface area contributed by atoms with Gasteiger partial charge in [0.1, 0.15) is 0 Å².